The van der Waals surface area contributed by atoms with Crippen molar-refractivity contribution in [2.45, 2.75) is 16.9 Å². The van der Waals surface area contributed by atoms with Crippen molar-refractivity contribution in [1.29, 1.82) is 0 Å². The van der Waals surface area contributed by atoms with Gasteiger partial charge in [-0.05, 0) is 17.7 Å². The number of nitro benzene ring substituents is 1. The molecule has 1 unspecified atom stereocenters. The van der Waals surface area contributed by atoms with Crippen molar-refractivity contribution in [1.82, 2.24) is 0 Å². The van der Waals surface area contributed by atoms with Crippen LogP contribution in [0.4, 0.5) is 5.69 Å². The van der Waals surface area contributed by atoms with Crippen molar-refractivity contribution in [3.05, 3.63) is 39.9 Å². The molecule has 0 aliphatic carbocycles. The summed E-state index contributed by atoms with van der Waals surface area (Å²) in [4.78, 5) is 9.04. The minimum Gasteiger partial charge on any atom is -0.383 e. The Kier molecular flexibility index (Phi) is 7.03. The zero-order chi connectivity index (χ0) is 17.0. The third kappa shape index (κ3) is 5.64. The lowest BCUT2D eigenvalue weighted by atomic mass is 9.92. The molecule has 1 aromatic rings. The molecule has 0 aliphatic heterocycles. The van der Waals surface area contributed by atoms with Gasteiger partial charge in [0.25, 0.3) is 15.8 Å². The quantitative estimate of drug-likeness (QED) is 0.290. The minimum absolute atomic E-state index is 0.173. The Labute approximate surface area is 145 Å². The minimum atomic E-state index is -3.86. The normalized spacial score (nSPS) is 14.8. The molecule has 1 N–H and O–H groups in total. The monoisotopic (exact) mass is 435 g/mol. The van der Waals surface area contributed by atoms with E-state index in [0.29, 0.717) is 0 Å². The maximum atomic E-state index is 11.4. The van der Waals surface area contributed by atoms with E-state index in [1.807, 2.05) is 0 Å². The molecule has 1 aromatic carbocycles. The number of benzene rings is 1. The second kappa shape index (κ2) is 7.89. The number of halogens is 3. The number of non-ortho nitro benzene ring substituents is 1. The molecule has 0 radical (unpaired) electrons. The van der Waals surface area contributed by atoms with Crippen LogP contribution < -0.4 is 0 Å². The summed E-state index contributed by atoms with van der Waals surface area (Å²) in [5.74, 6) is 0. The summed E-state index contributed by atoms with van der Waals surface area (Å²) in [5, 5.41) is 21.2. The van der Waals surface area contributed by atoms with Gasteiger partial charge >= 0.3 is 0 Å². The molecule has 0 saturated carbocycles. The SMILES string of the molecule is O=[N+]([O-])c1ccc(C(O)(COS(=O)(=O)CBr)CC(Cl)Cl)cc1. The number of hydrogen-bond acceptors (Lipinski definition) is 6. The molecule has 0 heterocycles. The van der Waals surface area contributed by atoms with Gasteiger partial charge in [-0.2, -0.15) is 8.42 Å². The Bertz CT molecular complexity index is 624. The lowest BCUT2D eigenvalue weighted by Gasteiger charge is -2.28. The van der Waals surface area contributed by atoms with Gasteiger partial charge in [0.05, 0.1) is 11.5 Å². The van der Waals surface area contributed by atoms with E-state index in [9.17, 15) is 23.6 Å². The molecule has 0 bridgehead atoms. The molecule has 0 fully saturated rings. The van der Waals surface area contributed by atoms with Gasteiger partial charge in [-0.15, -0.1) is 23.2 Å². The van der Waals surface area contributed by atoms with Crippen LogP contribution in [0, 0.1) is 10.1 Å². The fourth-order valence-corrected chi connectivity index (χ4v) is 2.97. The van der Waals surface area contributed by atoms with Gasteiger partial charge in [0, 0.05) is 18.6 Å². The maximum absolute atomic E-state index is 11.4. The molecular weight excluding hydrogens is 425 g/mol. The van der Waals surface area contributed by atoms with Crippen LogP contribution >= 0.6 is 39.1 Å². The van der Waals surface area contributed by atoms with Crippen molar-refractivity contribution < 1.29 is 22.6 Å². The summed E-state index contributed by atoms with van der Waals surface area (Å²) in [5.41, 5.74) is -1.78. The number of nitrogens with zero attached hydrogens (tertiary/aromatic N) is 1. The van der Waals surface area contributed by atoms with Crippen LogP contribution in [0.25, 0.3) is 0 Å². The lowest BCUT2D eigenvalue weighted by Crippen LogP contribution is -2.34. The fraction of sp³-hybridized carbons (Fsp3) is 0.455. The highest BCUT2D eigenvalue weighted by Crippen LogP contribution is 2.32. The highest BCUT2D eigenvalue weighted by atomic mass is 79.9. The topological polar surface area (TPSA) is 107 Å². The van der Waals surface area contributed by atoms with Crippen molar-refractivity contribution in [2.24, 2.45) is 0 Å². The van der Waals surface area contributed by atoms with Crippen molar-refractivity contribution >= 4 is 54.9 Å². The predicted molar refractivity (Wildman–Crippen MR) is 85.8 cm³/mol. The number of alkyl halides is 3. The third-order valence-corrected chi connectivity index (χ3v) is 5.45. The van der Waals surface area contributed by atoms with Crippen LogP contribution in [0.5, 0.6) is 0 Å². The highest BCUT2D eigenvalue weighted by Gasteiger charge is 2.34. The van der Waals surface area contributed by atoms with Gasteiger partial charge in [0.15, 0.2) is 0 Å². The first-order valence-electron chi connectivity index (χ1n) is 5.78. The average molecular weight is 437 g/mol. The summed E-state index contributed by atoms with van der Waals surface area (Å²) in [6, 6.07) is 4.93. The summed E-state index contributed by atoms with van der Waals surface area (Å²) in [6.45, 7) is -0.616. The van der Waals surface area contributed by atoms with Gasteiger partial charge in [-0.25, -0.2) is 0 Å². The van der Waals surface area contributed by atoms with Gasteiger partial charge in [-0.1, -0.05) is 15.9 Å². The Morgan fingerprint density at radius 1 is 1.36 bits per heavy atom. The number of hydrogen-bond donors (Lipinski definition) is 1. The Morgan fingerprint density at radius 2 is 1.91 bits per heavy atom. The number of rotatable bonds is 8. The smallest absolute Gasteiger partial charge is 0.277 e. The second-order valence-corrected chi connectivity index (χ2v) is 8.58. The first kappa shape index (κ1) is 19.6. The molecule has 0 aliphatic rings. The molecular formula is C11H12BrCl2NO6S. The number of nitro groups is 1. The van der Waals surface area contributed by atoms with Crippen molar-refractivity contribution in [2.75, 3.05) is 11.3 Å². The molecule has 1 atom stereocenters. The van der Waals surface area contributed by atoms with Crippen LogP contribution in [-0.2, 0) is 19.9 Å². The molecule has 1 rings (SSSR count). The highest BCUT2D eigenvalue weighted by molar-refractivity contribution is 9.10. The average Bonchev–Trinajstić information content (AvgIpc) is 2.45. The summed E-state index contributed by atoms with van der Waals surface area (Å²) in [6.07, 6.45) is -0.217. The molecule has 124 valence electrons. The van der Waals surface area contributed by atoms with E-state index in [-0.39, 0.29) is 17.7 Å². The zero-order valence-electron chi connectivity index (χ0n) is 11.0. The molecule has 0 aromatic heterocycles. The molecule has 7 nitrogen and oxygen atoms in total. The largest absolute Gasteiger partial charge is 0.383 e. The first-order chi connectivity index (χ1) is 10.1. The van der Waals surface area contributed by atoms with Crippen LogP contribution in [0.3, 0.4) is 0 Å². The van der Waals surface area contributed by atoms with E-state index in [1.54, 1.807) is 0 Å². The molecule has 0 amide bonds. The number of aliphatic hydroxyl groups is 1. The lowest BCUT2D eigenvalue weighted by molar-refractivity contribution is -0.384. The van der Waals surface area contributed by atoms with Gasteiger partial charge < -0.3 is 5.11 Å². The van der Waals surface area contributed by atoms with Crippen molar-refractivity contribution in [3.63, 3.8) is 0 Å². The molecule has 22 heavy (non-hydrogen) atoms. The van der Waals surface area contributed by atoms with E-state index >= 15 is 0 Å². The van der Waals surface area contributed by atoms with E-state index in [0.717, 1.165) is 0 Å². The van der Waals surface area contributed by atoms with Gasteiger partial charge in [0.2, 0.25) is 0 Å². The fourth-order valence-electron chi connectivity index (χ4n) is 1.63. The van der Waals surface area contributed by atoms with Crippen LogP contribution in [-0.4, -0.2) is 34.6 Å². The van der Waals surface area contributed by atoms with Crippen LogP contribution in [0.2, 0.25) is 0 Å². The van der Waals surface area contributed by atoms with E-state index < -0.39 is 36.7 Å². The van der Waals surface area contributed by atoms with E-state index in [2.05, 4.69) is 15.9 Å². The van der Waals surface area contributed by atoms with Crippen molar-refractivity contribution in [3.8, 4) is 0 Å². The Morgan fingerprint density at radius 3 is 2.32 bits per heavy atom. The Balaban J connectivity index is 3.07. The summed E-state index contributed by atoms with van der Waals surface area (Å²) < 4.78 is 27.0. The van der Waals surface area contributed by atoms with Crippen LogP contribution in [0.15, 0.2) is 24.3 Å². The maximum Gasteiger partial charge on any atom is 0.277 e. The zero-order valence-corrected chi connectivity index (χ0v) is 14.9. The first-order valence-corrected chi connectivity index (χ1v) is 9.35. The van der Waals surface area contributed by atoms with Gasteiger partial charge in [-0.3, -0.25) is 14.3 Å². The molecule has 0 saturated heterocycles. The van der Waals surface area contributed by atoms with E-state index in [4.69, 9.17) is 27.4 Å². The predicted octanol–water partition coefficient (Wildman–Crippen LogP) is 2.68. The van der Waals surface area contributed by atoms with Gasteiger partial charge in [0.1, 0.15) is 15.1 Å². The van der Waals surface area contributed by atoms with Crippen LogP contribution in [0.1, 0.15) is 12.0 Å². The standard InChI is InChI=1S/C11H12BrCl2NO6S/c12-7-22(19,20)21-6-11(16,5-10(13)14)8-1-3-9(4-2-8)15(17)18/h1-4,10,16H,5-7H2. The Hall–Kier alpha value is -0.450. The third-order valence-electron chi connectivity index (χ3n) is 2.72. The summed E-state index contributed by atoms with van der Waals surface area (Å²) >= 11 is 14.1. The van der Waals surface area contributed by atoms with E-state index in [1.165, 1.54) is 24.3 Å². The molecule has 11 heteroatoms. The molecule has 0 spiro atoms. The summed E-state index contributed by atoms with van der Waals surface area (Å²) in [7, 11) is -3.86. The second-order valence-electron chi connectivity index (χ2n) is 4.36.